The van der Waals surface area contributed by atoms with Crippen LogP contribution in [-0.2, 0) is 43.7 Å². The van der Waals surface area contributed by atoms with Gasteiger partial charge >= 0.3 is 0 Å². The maximum Gasteiger partial charge on any atom is 0.243 e. The molecular formula is C32H39N3O5S. The van der Waals surface area contributed by atoms with Crippen LogP contribution in [0.4, 0.5) is 0 Å². The summed E-state index contributed by atoms with van der Waals surface area (Å²) in [6.07, 6.45) is 2.75. The molecule has 0 aliphatic carbocycles. The molecule has 0 spiro atoms. The second kappa shape index (κ2) is 14.9. The van der Waals surface area contributed by atoms with Gasteiger partial charge in [-0.3, -0.25) is 9.59 Å². The van der Waals surface area contributed by atoms with Crippen LogP contribution in [0.3, 0.4) is 0 Å². The molecule has 1 saturated heterocycles. The van der Waals surface area contributed by atoms with E-state index in [9.17, 15) is 18.0 Å². The topological polar surface area (TPSA) is 96.0 Å². The zero-order chi connectivity index (χ0) is 29.1. The van der Waals surface area contributed by atoms with Crippen molar-refractivity contribution in [3.8, 4) is 0 Å². The largest absolute Gasteiger partial charge is 0.383 e. The standard InChI is InChI=1S/C32H39N3O5S/c1-40-23-20-33-32(37)30(24-27-10-4-2-5-11-27)35(25-28-12-6-3-7-13-28)31(36)19-16-26-14-17-29(18-15-26)41(38,39)34-21-8-9-22-34/h2-7,10-15,17-18,30H,8-9,16,19-25H2,1H3,(H,33,37). The third kappa shape index (κ3) is 8.48. The lowest BCUT2D eigenvalue weighted by molar-refractivity contribution is -0.141. The fourth-order valence-corrected chi connectivity index (χ4v) is 6.55. The third-order valence-corrected chi connectivity index (χ3v) is 9.24. The molecule has 1 N–H and O–H groups in total. The molecule has 41 heavy (non-hydrogen) atoms. The van der Waals surface area contributed by atoms with E-state index in [1.54, 1.807) is 36.3 Å². The second-order valence-electron chi connectivity index (χ2n) is 10.3. The number of benzene rings is 3. The molecule has 1 aliphatic heterocycles. The Labute approximate surface area is 243 Å². The molecule has 2 amide bonds. The van der Waals surface area contributed by atoms with Crippen molar-refractivity contribution < 1.29 is 22.7 Å². The van der Waals surface area contributed by atoms with Crippen LogP contribution in [-0.4, -0.2) is 68.8 Å². The van der Waals surface area contributed by atoms with Gasteiger partial charge in [0.05, 0.1) is 11.5 Å². The van der Waals surface area contributed by atoms with Crippen molar-refractivity contribution in [1.82, 2.24) is 14.5 Å². The summed E-state index contributed by atoms with van der Waals surface area (Å²) in [7, 11) is -1.91. The van der Waals surface area contributed by atoms with Gasteiger partial charge < -0.3 is 15.0 Å². The average Bonchev–Trinajstić information content (AvgIpc) is 3.55. The highest BCUT2D eigenvalue weighted by atomic mass is 32.2. The van der Waals surface area contributed by atoms with E-state index in [2.05, 4.69) is 5.32 Å². The fourth-order valence-electron chi connectivity index (χ4n) is 5.03. The molecule has 0 saturated carbocycles. The number of hydrogen-bond acceptors (Lipinski definition) is 5. The van der Waals surface area contributed by atoms with Crippen LogP contribution >= 0.6 is 0 Å². The normalized spacial score (nSPS) is 14.5. The lowest BCUT2D eigenvalue weighted by Crippen LogP contribution is -2.51. The number of hydrogen-bond donors (Lipinski definition) is 1. The van der Waals surface area contributed by atoms with Crippen molar-refractivity contribution in [3.63, 3.8) is 0 Å². The van der Waals surface area contributed by atoms with E-state index in [1.807, 2.05) is 60.7 Å². The number of sulfonamides is 1. The van der Waals surface area contributed by atoms with Gasteiger partial charge in [-0.15, -0.1) is 0 Å². The molecule has 1 fully saturated rings. The fraction of sp³-hybridized carbons (Fsp3) is 0.375. The molecule has 1 atom stereocenters. The number of nitrogens with zero attached hydrogens (tertiary/aromatic N) is 2. The van der Waals surface area contributed by atoms with Gasteiger partial charge in [-0.1, -0.05) is 72.8 Å². The number of amides is 2. The molecular weight excluding hydrogens is 538 g/mol. The molecule has 9 heteroatoms. The predicted octanol–water partition coefficient (Wildman–Crippen LogP) is 3.81. The summed E-state index contributed by atoms with van der Waals surface area (Å²) in [5.74, 6) is -0.378. The first kappa shape index (κ1) is 30.4. The van der Waals surface area contributed by atoms with Crippen molar-refractivity contribution in [2.75, 3.05) is 33.4 Å². The van der Waals surface area contributed by atoms with Gasteiger partial charge in [0.25, 0.3) is 0 Å². The number of methoxy groups -OCH3 is 1. The van der Waals surface area contributed by atoms with Crippen molar-refractivity contribution in [2.45, 2.75) is 49.6 Å². The van der Waals surface area contributed by atoms with E-state index in [0.29, 0.717) is 45.6 Å². The Balaban J connectivity index is 1.52. The maximum absolute atomic E-state index is 13.8. The minimum atomic E-state index is -3.49. The number of nitrogens with one attached hydrogen (secondary N) is 1. The maximum atomic E-state index is 13.8. The molecule has 4 rings (SSSR count). The summed E-state index contributed by atoms with van der Waals surface area (Å²) in [4.78, 5) is 29.2. The first-order valence-electron chi connectivity index (χ1n) is 14.1. The molecule has 1 heterocycles. The van der Waals surface area contributed by atoms with Gasteiger partial charge in [0.1, 0.15) is 6.04 Å². The van der Waals surface area contributed by atoms with Crippen molar-refractivity contribution in [3.05, 3.63) is 102 Å². The molecule has 0 bridgehead atoms. The third-order valence-electron chi connectivity index (χ3n) is 7.33. The molecule has 3 aromatic rings. The quantitative estimate of drug-likeness (QED) is 0.294. The molecule has 3 aromatic carbocycles. The zero-order valence-corrected chi connectivity index (χ0v) is 24.4. The van der Waals surface area contributed by atoms with Crippen LogP contribution in [0.15, 0.2) is 89.8 Å². The van der Waals surface area contributed by atoms with E-state index in [0.717, 1.165) is 29.5 Å². The van der Waals surface area contributed by atoms with Gasteiger partial charge in [-0.25, -0.2) is 8.42 Å². The summed E-state index contributed by atoms with van der Waals surface area (Å²) >= 11 is 0. The van der Waals surface area contributed by atoms with Crippen LogP contribution < -0.4 is 5.32 Å². The second-order valence-corrected chi connectivity index (χ2v) is 12.2. The summed E-state index contributed by atoms with van der Waals surface area (Å²) < 4.78 is 32.4. The number of ether oxygens (including phenoxy) is 1. The average molecular weight is 578 g/mol. The monoisotopic (exact) mass is 577 g/mol. The Kier molecular flexibility index (Phi) is 11.1. The predicted molar refractivity (Wildman–Crippen MR) is 159 cm³/mol. The highest BCUT2D eigenvalue weighted by Crippen LogP contribution is 2.22. The minimum absolute atomic E-state index is 0.148. The van der Waals surface area contributed by atoms with E-state index in [-0.39, 0.29) is 23.1 Å². The zero-order valence-electron chi connectivity index (χ0n) is 23.6. The van der Waals surface area contributed by atoms with Crippen LogP contribution in [0.25, 0.3) is 0 Å². The number of aryl methyl sites for hydroxylation is 1. The van der Waals surface area contributed by atoms with Crippen molar-refractivity contribution >= 4 is 21.8 Å². The van der Waals surface area contributed by atoms with Crippen LogP contribution in [0.5, 0.6) is 0 Å². The Hall–Kier alpha value is -3.53. The highest BCUT2D eigenvalue weighted by Gasteiger charge is 2.30. The molecule has 1 unspecified atom stereocenters. The Morgan fingerprint density at radius 1 is 0.878 bits per heavy atom. The minimum Gasteiger partial charge on any atom is -0.383 e. The van der Waals surface area contributed by atoms with Crippen LogP contribution in [0.1, 0.15) is 36.0 Å². The first-order valence-corrected chi connectivity index (χ1v) is 15.6. The molecule has 218 valence electrons. The molecule has 0 radical (unpaired) electrons. The van der Waals surface area contributed by atoms with E-state index >= 15 is 0 Å². The smallest absolute Gasteiger partial charge is 0.243 e. The van der Waals surface area contributed by atoms with Crippen LogP contribution in [0, 0.1) is 0 Å². The molecule has 0 aromatic heterocycles. The lowest BCUT2D eigenvalue weighted by Gasteiger charge is -2.31. The highest BCUT2D eigenvalue weighted by molar-refractivity contribution is 7.89. The first-order chi connectivity index (χ1) is 19.9. The summed E-state index contributed by atoms with van der Waals surface area (Å²) in [6.45, 7) is 2.13. The Morgan fingerprint density at radius 2 is 1.49 bits per heavy atom. The van der Waals surface area contributed by atoms with Gasteiger partial charge in [0.15, 0.2) is 0 Å². The lowest BCUT2D eigenvalue weighted by atomic mass is 10.0. The van der Waals surface area contributed by atoms with Crippen LogP contribution in [0.2, 0.25) is 0 Å². The Morgan fingerprint density at radius 3 is 2.10 bits per heavy atom. The summed E-state index contributed by atoms with van der Waals surface area (Å²) in [5.41, 5.74) is 2.75. The summed E-state index contributed by atoms with van der Waals surface area (Å²) in [6, 6.07) is 25.4. The van der Waals surface area contributed by atoms with Crippen molar-refractivity contribution in [2.24, 2.45) is 0 Å². The number of carbonyl (C=O) groups is 2. The van der Waals surface area contributed by atoms with Gasteiger partial charge in [-0.05, 0) is 48.1 Å². The van der Waals surface area contributed by atoms with Gasteiger partial charge in [0, 0.05) is 46.1 Å². The number of rotatable bonds is 14. The van der Waals surface area contributed by atoms with Gasteiger partial charge in [0.2, 0.25) is 21.8 Å². The molecule has 1 aliphatic rings. The SMILES string of the molecule is COCCNC(=O)C(Cc1ccccc1)N(Cc1ccccc1)C(=O)CCc1ccc(S(=O)(=O)N2CCCC2)cc1. The summed E-state index contributed by atoms with van der Waals surface area (Å²) in [5, 5.41) is 2.92. The van der Waals surface area contributed by atoms with Crippen molar-refractivity contribution in [1.29, 1.82) is 0 Å². The van der Waals surface area contributed by atoms with E-state index < -0.39 is 16.1 Å². The van der Waals surface area contributed by atoms with E-state index in [4.69, 9.17) is 4.74 Å². The Bertz CT molecular complexity index is 1360. The molecule has 8 nitrogen and oxygen atoms in total. The number of carbonyl (C=O) groups excluding carboxylic acids is 2. The van der Waals surface area contributed by atoms with Gasteiger partial charge in [-0.2, -0.15) is 4.31 Å². The van der Waals surface area contributed by atoms with E-state index in [1.165, 1.54) is 4.31 Å².